The van der Waals surface area contributed by atoms with Crippen LogP contribution in [0.4, 0.5) is 5.69 Å². The van der Waals surface area contributed by atoms with Gasteiger partial charge in [0.2, 0.25) is 0 Å². The maximum Gasteiger partial charge on any atom is 0.0507 e. The maximum absolute atomic E-state index is 3.32. The van der Waals surface area contributed by atoms with E-state index in [0.29, 0.717) is 0 Å². The van der Waals surface area contributed by atoms with Crippen molar-refractivity contribution in [3.63, 3.8) is 0 Å². The first-order chi connectivity index (χ1) is 7.74. The summed E-state index contributed by atoms with van der Waals surface area (Å²) < 4.78 is 0. The minimum Gasteiger partial charge on any atom is -0.370 e. The van der Waals surface area contributed by atoms with Crippen molar-refractivity contribution in [2.75, 3.05) is 18.0 Å². The van der Waals surface area contributed by atoms with Crippen LogP contribution in [0.2, 0.25) is 0 Å². The Morgan fingerprint density at radius 2 is 2.31 bits per heavy atom. The molecule has 3 heterocycles. The molecular weight excluding hydrogens is 234 g/mol. The Labute approximate surface area is 106 Å². The minimum absolute atomic E-state index is 0.721. The van der Waals surface area contributed by atoms with Crippen LogP contribution in [0, 0.1) is 25.2 Å². The van der Waals surface area contributed by atoms with E-state index in [0.717, 1.165) is 11.2 Å². The molecule has 0 aromatic carbocycles. The molecule has 3 heteroatoms. The van der Waals surface area contributed by atoms with Gasteiger partial charge in [0, 0.05) is 39.4 Å². The van der Waals surface area contributed by atoms with Crippen LogP contribution in [-0.2, 0) is 0 Å². The number of nitrogens with zero attached hydrogens (tertiary/aromatic N) is 1. The summed E-state index contributed by atoms with van der Waals surface area (Å²) in [5.41, 5.74) is 1.46. The lowest BCUT2D eigenvalue weighted by atomic mass is 9.97. The smallest absolute Gasteiger partial charge is 0.0507 e. The van der Waals surface area contributed by atoms with Crippen LogP contribution in [0.3, 0.4) is 0 Å². The van der Waals surface area contributed by atoms with E-state index in [1.807, 2.05) is 23.1 Å². The van der Waals surface area contributed by atoms with E-state index in [4.69, 9.17) is 0 Å². The highest BCUT2D eigenvalue weighted by atomic mass is 32.2. The van der Waals surface area contributed by atoms with Gasteiger partial charge in [0.05, 0.1) is 5.69 Å². The van der Waals surface area contributed by atoms with E-state index < -0.39 is 0 Å². The lowest BCUT2D eigenvalue weighted by Gasteiger charge is -2.35. The minimum atomic E-state index is 0.721. The van der Waals surface area contributed by atoms with E-state index in [1.165, 1.54) is 35.0 Å². The van der Waals surface area contributed by atoms with Gasteiger partial charge in [-0.25, -0.2) is 0 Å². The molecule has 1 aromatic rings. The van der Waals surface area contributed by atoms with Gasteiger partial charge in [0.1, 0.15) is 0 Å². The first kappa shape index (κ1) is 10.7. The van der Waals surface area contributed by atoms with Crippen LogP contribution in [-0.4, -0.2) is 18.3 Å². The average Bonchev–Trinajstić information content (AvgIpc) is 2.83. The van der Waals surface area contributed by atoms with Crippen molar-refractivity contribution in [1.82, 2.24) is 0 Å². The van der Waals surface area contributed by atoms with Gasteiger partial charge in [-0.1, -0.05) is 6.08 Å². The second kappa shape index (κ2) is 4.11. The summed E-state index contributed by atoms with van der Waals surface area (Å²) in [7, 11) is 0. The van der Waals surface area contributed by atoms with Crippen molar-refractivity contribution >= 4 is 28.8 Å². The lowest BCUT2D eigenvalue weighted by molar-refractivity contribution is 0.505. The van der Waals surface area contributed by atoms with Crippen LogP contribution < -0.4 is 4.90 Å². The predicted octanol–water partition coefficient (Wildman–Crippen LogP) is 3.62. The summed E-state index contributed by atoms with van der Waals surface area (Å²) in [6.07, 6.45) is 3.57. The molecular formula is C13H16NS2. The van der Waals surface area contributed by atoms with E-state index in [-0.39, 0.29) is 0 Å². The van der Waals surface area contributed by atoms with Crippen molar-refractivity contribution < 1.29 is 0 Å². The van der Waals surface area contributed by atoms with Crippen LogP contribution in [0.5, 0.6) is 0 Å². The number of piperidine rings is 1. The maximum atomic E-state index is 3.32. The summed E-state index contributed by atoms with van der Waals surface area (Å²) in [6, 6.07) is 2.34. The van der Waals surface area contributed by atoms with Gasteiger partial charge in [0.15, 0.2) is 0 Å². The van der Waals surface area contributed by atoms with Crippen molar-refractivity contribution in [2.24, 2.45) is 5.92 Å². The molecule has 0 bridgehead atoms. The monoisotopic (exact) mass is 250 g/mol. The number of aryl methyl sites for hydroxylation is 2. The van der Waals surface area contributed by atoms with Gasteiger partial charge in [-0.15, -0.1) is 23.1 Å². The molecule has 3 rings (SSSR count). The number of thioether (sulfide) groups is 1. The highest BCUT2D eigenvalue weighted by Crippen LogP contribution is 2.38. The molecule has 0 amide bonds. The third-order valence-corrected chi connectivity index (χ3v) is 5.56. The molecule has 1 aromatic heterocycles. The molecule has 1 nitrogen and oxygen atoms in total. The SMILES string of the molecule is Cc1cc(N2CCC3S[C]=CC3C2)c(C)s1. The molecule has 0 spiro atoms. The molecule has 1 fully saturated rings. The molecule has 2 unspecified atom stereocenters. The Hall–Kier alpha value is -0.410. The van der Waals surface area contributed by atoms with Crippen molar-refractivity contribution in [1.29, 1.82) is 0 Å². The summed E-state index contributed by atoms with van der Waals surface area (Å²) in [6.45, 7) is 6.83. The second-order valence-electron chi connectivity index (χ2n) is 4.64. The van der Waals surface area contributed by atoms with Gasteiger partial charge in [-0.05, 0) is 26.3 Å². The van der Waals surface area contributed by atoms with Crippen molar-refractivity contribution in [3.05, 3.63) is 27.3 Å². The van der Waals surface area contributed by atoms with E-state index in [2.05, 4.69) is 36.3 Å². The van der Waals surface area contributed by atoms with Crippen molar-refractivity contribution in [3.8, 4) is 0 Å². The first-order valence-electron chi connectivity index (χ1n) is 5.80. The van der Waals surface area contributed by atoms with Gasteiger partial charge >= 0.3 is 0 Å². The highest BCUT2D eigenvalue weighted by molar-refractivity contribution is 8.01. The van der Waals surface area contributed by atoms with Gasteiger partial charge in [-0.3, -0.25) is 0 Å². The lowest BCUT2D eigenvalue weighted by Crippen LogP contribution is -2.40. The van der Waals surface area contributed by atoms with Crippen LogP contribution >= 0.6 is 23.1 Å². The van der Waals surface area contributed by atoms with E-state index in [1.54, 1.807) is 0 Å². The van der Waals surface area contributed by atoms with Crippen LogP contribution in [0.1, 0.15) is 16.2 Å². The molecule has 85 valence electrons. The number of anilines is 1. The standard InChI is InChI=1S/C13H16NS2/c1-9-7-12(10(2)16-9)14-5-3-13-11(8-14)4-6-15-13/h4,7,11,13H,3,5,8H2,1-2H3. The third-order valence-electron chi connectivity index (χ3n) is 3.45. The predicted molar refractivity (Wildman–Crippen MR) is 73.3 cm³/mol. The Kier molecular flexibility index (Phi) is 2.76. The number of hydrogen-bond acceptors (Lipinski definition) is 3. The molecule has 2 aliphatic heterocycles. The fourth-order valence-electron chi connectivity index (χ4n) is 2.63. The zero-order valence-corrected chi connectivity index (χ0v) is 11.3. The molecule has 0 saturated carbocycles. The van der Waals surface area contributed by atoms with Gasteiger partial charge in [-0.2, -0.15) is 0 Å². The Morgan fingerprint density at radius 1 is 1.44 bits per heavy atom. The summed E-state index contributed by atoms with van der Waals surface area (Å²) in [5.74, 6) is 0.721. The molecule has 0 N–H and O–H groups in total. The Morgan fingerprint density at radius 3 is 3.06 bits per heavy atom. The highest BCUT2D eigenvalue weighted by Gasteiger charge is 2.31. The van der Waals surface area contributed by atoms with Gasteiger partial charge < -0.3 is 4.90 Å². The molecule has 1 radical (unpaired) electrons. The number of hydrogen-bond donors (Lipinski definition) is 0. The van der Waals surface area contributed by atoms with E-state index >= 15 is 0 Å². The molecule has 2 aliphatic rings. The molecule has 1 saturated heterocycles. The fourth-order valence-corrected chi connectivity index (χ4v) is 4.57. The van der Waals surface area contributed by atoms with Crippen LogP contribution in [0.15, 0.2) is 12.1 Å². The van der Waals surface area contributed by atoms with Crippen molar-refractivity contribution in [2.45, 2.75) is 25.5 Å². The summed E-state index contributed by atoms with van der Waals surface area (Å²) >= 11 is 3.82. The largest absolute Gasteiger partial charge is 0.370 e. The summed E-state index contributed by atoms with van der Waals surface area (Å²) in [5, 5.41) is 4.13. The second-order valence-corrected chi connectivity index (χ2v) is 7.18. The topological polar surface area (TPSA) is 3.24 Å². The summed E-state index contributed by atoms with van der Waals surface area (Å²) in [4.78, 5) is 5.46. The van der Waals surface area contributed by atoms with E-state index in [9.17, 15) is 0 Å². The normalized spacial score (nSPS) is 28.5. The first-order valence-corrected chi connectivity index (χ1v) is 7.50. The zero-order valence-electron chi connectivity index (χ0n) is 9.69. The Bertz CT molecular complexity index is 422. The molecule has 16 heavy (non-hydrogen) atoms. The van der Waals surface area contributed by atoms with Gasteiger partial charge in [0.25, 0.3) is 0 Å². The number of rotatable bonds is 1. The number of fused-ring (bicyclic) bond motifs is 1. The average molecular weight is 250 g/mol. The third kappa shape index (κ3) is 1.80. The fraction of sp³-hybridized carbons (Fsp3) is 0.538. The number of thiophene rings is 1. The zero-order chi connectivity index (χ0) is 11.1. The molecule has 2 atom stereocenters. The Balaban J connectivity index is 1.81. The quantitative estimate of drug-likeness (QED) is 0.749. The van der Waals surface area contributed by atoms with Crippen LogP contribution in [0.25, 0.3) is 0 Å². The molecule has 0 aliphatic carbocycles.